The molecule has 1 fully saturated rings. The molecule has 1 aliphatic heterocycles. The van der Waals surface area contributed by atoms with Gasteiger partial charge in [-0.1, -0.05) is 19.1 Å². The molecule has 2 heterocycles. The molecule has 1 aliphatic rings. The molecule has 28 heavy (non-hydrogen) atoms. The highest BCUT2D eigenvalue weighted by Crippen LogP contribution is 2.24. The molecular formula is C17H23N5O5S. The van der Waals surface area contributed by atoms with Gasteiger partial charge >= 0.3 is 0 Å². The van der Waals surface area contributed by atoms with E-state index in [1.165, 1.54) is 24.3 Å². The molecule has 1 aromatic carbocycles. The molecule has 2 N–H and O–H groups in total. The number of nitro groups is 1. The summed E-state index contributed by atoms with van der Waals surface area (Å²) >= 11 is 0. The number of hydrogen-bond donors (Lipinski definition) is 1. The van der Waals surface area contributed by atoms with E-state index in [-0.39, 0.29) is 22.7 Å². The van der Waals surface area contributed by atoms with Crippen LogP contribution in [-0.2, 0) is 26.9 Å². The van der Waals surface area contributed by atoms with Crippen molar-refractivity contribution in [3.8, 4) is 0 Å². The summed E-state index contributed by atoms with van der Waals surface area (Å²) in [5.74, 6) is 0.0796. The molecule has 152 valence electrons. The zero-order valence-electron chi connectivity index (χ0n) is 15.5. The zero-order chi connectivity index (χ0) is 20.3. The van der Waals surface area contributed by atoms with Gasteiger partial charge in [0.15, 0.2) is 5.82 Å². The van der Waals surface area contributed by atoms with Crippen molar-refractivity contribution in [3.63, 3.8) is 0 Å². The van der Waals surface area contributed by atoms with Gasteiger partial charge in [-0.25, -0.2) is 8.42 Å². The van der Waals surface area contributed by atoms with Crippen LogP contribution in [0.1, 0.15) is 43.6 Å². The lowest BCUT2D eigenvalue weighted by Gasteiger charge is -2.17. The Morgan fingerprint density at radius 2 is 2.07 bits per heavy atom. The van der Waals surface area contributed by atoms with Crippen LogP contribution in [0.2, 0.25) is 0 Å². The van der Waals surface area contributed by atoms with Gasteiger partial charge in [0, 0.05) is 18.7 Å². The molecule has 0 saturated carbocycles. The molecule has 0 amide bonds. The molecule has 0 bridgehead atoms. The van der Waals surface area contributed by atoms with E-state index in [2.05, 4.69) is 10.2 Å². The zero-order valence-corrected chi connectivity index (χ0v) is 16.3. The first kappa shape index (κ1) is 20.4. The largest absolute Gasteiger partial charge is 0.376 e. The first-order chi connectivity index (χ1) is 13.3. The summed E-state index contributed by atoms with van der Waals surface area (Å²) in [4.78, 5) is 10.2. The number of non-ortho nitro benzene ring substituents is 1. The molecule has 0 spiro atoms. The van der Waals surface area contributed by atoms with E-state index < -0.39 is 20.8 Å². The summed E-state index contributed by atoms with van der Waals surface area (Å²) in [7, 11) is -3.83. The Kier molecular flexibility index (Phi) is 6.06. The molecule has 11 heteroatoms. The summed E-state index contributed by atoms with van der Waals surface area (Å²) in [5.41, 5.74) is 6.43. The number of aromatic nitrogens is 3. The van der Waals surface area contributed by atoms with E-state index in [1.54, 1.807) is 4.57 Å². The molecule has 3 rings (SSSR count). The van der Waals surface area contributed by atoms with Gasteiger partial charge in [-0.2, -0.15) is 0 Å². The van der Waals surface area contributed by atoms with Crippen molar-refractivity contribution in [3.05, 3.63) is 45.8 Å². The van der Waals surface area contributed by atoms with Crippen LogP contribution >= 0.6 is 0 Å². The monoisotopic (exact) mass is 409 g/mol. The Morgan fingerprint density at radius 3 is 2.64 bits per heavy atom. The summed E-state index contributed by atoms with van der Waals surface area (Å²) in [6, 6.07) is 4.97. The maximum absolute atomic E-state index is 13.0. The summed E-state index contributed by atoms with van der Waals surface area (Å²) in [6.45, 7) is 2.86. The Labute approximate surface area is 162 Å². The first-order valence-electron chi connectivity index (χ1n) is 9.08. The molecule has 2 unspecified atom stereocenters. The number of rotatable bonds is 8. The molecule has 2 atom stereocenters. The Balaban J connectivity index is 1.91. The van der Waals surface area contributed by atoms with Gasteiger partial charge in [-0.05, 0) is 24.8 Å². The van der Waals surface area contributed by atoms with Gasteiger partial charge in [-0.3, -0.25) is 14.7 Å². The van der Waals surface area contributed by atoms with Crippen LogP contribution in [0.5, 0.6) is 0 Å². The minimum absolute atomic E-state index is 0.0982. The minimum atomic E-state index is -3.83. The number of sulfone groups is 1. The average molecular weight is 409 g/mol. The Hall–Kier alpha value is -2.37. The predicted molar refractivity (Wildman–Crippen MR) is 100 cm³/mol. The molecule has 0 radical (unpaired) electrons. The molecule has 2 aromatic rings. The number of nitrogens with two attached hydrogens (primary N) is 1. The fraction of sp³-hybridized carbons (Fsp3) is 0.529. The smallest absolute Gasteiger partial charge is 0.269 e. The number of ether oxygens (including phenoxy) is 1. The topological polar surface area (TPSA) is 143 Å². The number of benzene rings is 1. The fourth-order valence-electron chi connectivity index (χ4n) is 3.15. The second-order valence-electron chi connectivity index (χ2n) is 6.78. The quantitative estimate of drug-likeness (QED) is 0.513. The van der Waals surface area contributed by atoms with Crippen molar-refractivity contribution in [2.24, 2.45) is 5.73 Å². The van der Waals surface area contributed by atoms with E-state index in [9.17, 15) is 18.5 Å². The highest BCUT2D eigenvalue weighted by molar-refractivity contribution is 7.90. The lowest BCUT2D eigenvalue weighted by atomic mass is 10.2. The minimum Gasteiger partial charge on any atom is -0.376 e. The van der Waals surface area contributed by atoms with Crippen molar-refractivity contribution < 1.29 is 18.1 Å². The second-order valence-corrected chi connectivity index (χ2v) is 8.67. The number of hydrogen-bond acceptors (Lipinski definition) is 8. The van der Waals surface area contributed by atoms with Crippen LogP contribution < -0.4 is 5.73 Å². The Bertz CT molecular complexity index is 935. The van der Waals surface area contributed by atoms with E-state index >= 15 is 0 Å². The molecule has 0 aliphatic carbocycles. The normalized spacial score (nSPS) is 18.3. The van der Waals surface area contributed by atoms with E-state index in [4.69, 9.17) is 10.5 Å². The van der Waals surface area contributed by atoms with E-state index in [0.29, 0.717) is 31.0 Å². The van der Waals surface area contributed by atoms with Crippen LogP contribution in [0.25, 0.3) is 0 Å². The van der Waals surface area contributed by atoms with Crippen LogP contribution in [-0.4, -0.2) is 40.8 Å². The molecule has 1 aromatic heterocycles. The van der Waals surface area contributed by atoms with Gasteiger partial charge in [-0.15, -0.1) is 10.2 Å². The molecule has 1 saturated heterocycles. The average Bonchev–Trinajstić information content (AvgIpc) is 3.32. The van der Waals surface area contributed by atoms with Crippen molar-refractivity contribution in [2.45, 2.75) is 55.8 Å². The maximum atomic E-state index is 13.0. The van der Waals surface area contributed by atoms with E-state index in [0.717, 1.165) is 12.8 Å². The maximum Gasteiger partial charge on any atom is 0.269 e. The molecular weight excluding hydrogens is 386 g/mol. The SMILES string of the molecule is CCC(N)c1nnc(S(=O)(=O)Cc2ccc([N+](=O)[O-])cc2)n1CC1CCCO1. The highest BCUT2D eigenvalue weighted by atomic mass is 32.2. The lowest BCUT2D eigenvalue weighted by molar-refractivity contribution is -0.384. The lowest BCUT2D eigenvalue weighted by Crippen LogP contribution is -2.24. The van der Waals surface area contributed by atoms with Gasteiger partial charge in [0.05, 0.1) is 29.4 Å². The second kappa shape index (κ2) is 8.33. The summed E-state index contributed by atoms with van der Waals surface area (Å²) in [5, 5.41) is 18.6. The van der Waals surface area contributed by atoms with Crippen LogP contribution in [0, 0.1) is 10.1 Å². The predicted octanol–water partition coefficient (Wildman–Crippen LogP) is 1.75. The number of nitro benzene ring substituents is 1. The van der Waals surface area contributed by atoms with Gasteiger partial charge < -0.3 is 10.5 Å². The van der Waals surface area contributed by atoms with Crippen molar-refractivity contribution >= 4 is 15.5 Å². The van der Waals surface area contributed by atoms with Crippen molar-refractivity contribution in [1.82, 2.24) is 14.8 Å². The fourth-order valence-corrected chi connectivity index (χ4v) is 4.58. The third-order valence-electron chi connectivity index (χ3n) is 4.71. The third-order valence-corrected chi connectivity index (χ3v) is 6.28. The van der Waals surface area contributed by atoms with Crippen LogP contribution in [0.15, 0.2) is 29.4 Å². The Morgan fingerprint density at radius 1 is 1.36 bits per heavy atom. The van der Waals surface area contributed by atoms with Gasteiger partial charge in [0.1, 0.15) is 0 Å². The van der Waals surface area contributed by atoms with Crippen LogP contribution in [0.3, 0.4) is 0 Å². The van der Waals surface area contributed by atoms with Crippen molar-refractivity contribution in [2.75, 3.05) is 6.61 Å². The highest BCUT2D eigenvalue weighted by Gasteiger charge is 2.29. The van der Waals surface area contributed by atoms with E-state index in [1.807, 2.05) is 6.92 Å². The van der Waals surface area contributed by atoms with Gasteiger partial charge in [0.25, 0.3) is 5.69 Å². The first-order valence-corrected chi connectivity index (χ1v) is 10.7. The molecule has 10 nitrogen and oxygen atoms in total. The number of nitrogens with zero attached hydrogens (tertiary/aromatic N) is 4. The standard InChI is InChI=1S/C17H23N5O5S/c1-2-15(18)16-19-20-17(21(16)10-14-4-3-9-27-14)28(25,26)11-12-5-7-13(8-6-12)22(23)24/h5-8,14-15H,2-4,9-11,18H2,1H3. The van der Waals surface area contributed by atoms with Crippen molar-refractivity contribution in [1.29, 1.82) is 0 Å². The summed E-state index contributed by atoms with van der Waals surface area (Å²) in [6.07, 6.45) is 2.24. The van der Waals surface area contributed by atoms with Gasteiger partial charge in [0.2, 0.25) is 15.0 Å². The summed E-state index contributed by atoms with van der Waals surface area (Å²) < 4.78 is 33.2. The third kappa shape index (κ3) is 4.37. The van der Waals surface area contributed by atoms with Crippen LogP contribution in [0.4, 0.5) is 5.69 Å².